The molecule has 1 aliphatic rings. The van der Waals surface area contributed by atoms with E-state index in [0.717, 1.165) is 9.87 Å². The van der Waals surface area contributed by atoms with Crippen molar-refractivity contribution in [3.05, 3.63) is 107 Å². The van der Waals surface area contributed by atoms with Crippen LogP contribution in [0.15, 0.2) is 95.9 Å². The molecule has 4 aromatic carbocycles. The van der Waals surface area contributed by atoms with Gasteiger partial charge < -0.3 is 24.8 Å². The van der Waals surface area contributed by atoms with Crippen LogP contribution in [0.4, 0.5) is 11.4 Å². The number of para-hydroxylation sites is 3. The summed E-state index contributed by atoms with van der Waals surface area (Å²) in [4.78, 5) is 26.6. The molecule has 1 atom stereocenters. The van der Waals surface area contributed by atoms with Gasteiger partial charge in [-0.25, -0.2) is 8.42 Å². The minimum absolute atomic E-state index is 0.0212. The summed E-state index contributed by atoms with van der Waals surface area (Å²) in [6.45, 7) is 0.0458. The minimum atomic E-state index is -4.06. The van der Waals surface area contributed by atoms with Crippen molar-refractivity contribution in [1.29, 1.82) is 0 Å². The average Bonchev–Trinajstić information content (AvgIpc) is 3.04. The van der Waals surface area contributed by atoms with E-state index in [4.69, 9.17) is 25.8 Å². The molecule has 2 amide bonds. The molecule has 2 N–H and O–H groups in total. The van der Waals surface area contributed by atoms with Crippen LogP contribution in [0.1, 0.15) is 15.9 Å². The number of hydrogen-bond acceptors (Lipinski definition) is 7. The van der Waals surface area contributed by atoms with E-state index < -0.39 is 22.0 Å². The Morgan fingerprint density at radius 3 is 2.39 bits per heavy atom. The molecule has 12 heteroatoms. The molecule has 0 saturated carbocycles. The maximum atomic E-state index is 13.6. The van der Waals surface area contributed by atoms with Gasteiger partial charge in [0.05, 0.1) is 42.6 Å². The number of rotatable bonds is 10. The summed E-state index contributed by atoms with van der Waals surface area (Å²) < 4.78 is 45.0. The summed E-state index contributed by atoms with van der Waals surface area (Å²) in [5.41, 5.74) is 1.75. The molecule has 0 radical (unpaired) electrons. The molecule has 0 fully saturated rings. The van der Waals surface area contributed by atoms with Crippen LogP contribution >= 0.6 is 11.6 Å². The Labute approximate surface area is 260 Å². The molecule has 4 aromatic rings. The van der Waals surface area contributed by atoms with Crippen molar-refractivity contribution in [1.82, 2.24) is 5.32 Å². The van der Waals surface area contributed by atoms with Crippen molar-refractivity contribution < 1.29 is 32.2 Å². The first-order valence-electron chi connectivity index (χ1n) is 13.6. The number of amides is 2. The van der Waals surface area contributed by atoms with E-state index in [-0.39, 0.29) is 34.3 Å². The number of nitrogens with zero attached hydrogens (tertiary/aromatic N) is 1. The minimum Gasteiger partial charge on any atom is -0.493 e. The van der Waals surface area contributed by atoms with Crippen molar-refractivity contribution in [2.75, 3.05) is 36.9 Å². The third-order valence-corrected chi connectivity index (χ3v) is 9.05. The van der Waals surface area contributed by atoms with Gasteiger partial charge >= 0.3 is 0 Å². The number of ether oxygens (including phenoxy) is 3. The summed E-state index contributed by atoms with van der Waals surface area (Å²) in [6.07, 6.45) is -0.665. The highest BCUT2D eigenvalue weighted by Gasteiger charge is 2.37. The monoisotopic (exact) mass is 635 g/mol. The summed E-state index contributed by atoms with van der Waals surface area (Å²) in [5, 5.41) is 6.03. The number of hydrogen-bond donors (Lipinski definition) is 2. The molecule has 1 unspecified atom stereocenters. The van der Waals surface area contributed by atoms with Crippen LogP contribution in [0.3, 0.4) is 0 Å². The van der Waals surface area contributed by atoms with E-state index >= 15 is 0 Å². The lowest BCUT2D eigenvalue weighted by Crippen LogP contribution is -2.49. The Morgan fingerprint density at radius 1 is 0.932 bits per heavy atom. The van der Waals surface area contributed by atoms with Crippen LogP contribution in [0, 0.1) is 0 Å². The third-order valence-electron chi connectivity index (χ3n) is 7.01. The predicted molar refractivity (Wildman–Crippen MR) is 167 cm³/mol. The Morgan fingerprint density at radius 2 is 1.64 bits per heavy atom. The summed E-state index contributed by atoms with van der Waals surface area (Å²) in [5.74, 6) is 0.444. The second-order valence-electron chi connectivity index (χ2n) is 9.79. The molecule has 0 saturated heterocycles. The van der Waals surface area contributed by atoms with Crippen molar-refractivity contribution in [2.24, 2.45) is 0 Å². The Balaban J connectivity index is 1.30. The van der Waals surface area contributed by atoms with Crippen LogP contribution in [0.5, 0.6) is 17.2 Å². The third kappa shape index (κ3) is 6.58. The van der Waals surface area contributed by atoms with Crippen molar-refractivity contribution in [3.8, 4) is 17.2 Å². The van der Waals surface area contributed by atoms with E-state index in [9.17, 15) is 18.0 Å². The quantitative estimate of drug-likeness (QED) is 0.253. The van der Waals surface area contributed by atoms with Gasteiger partial charge in [0.25, 0.3) is 21.8 Å². The van der Waals surface area contributed by atoms with Gasteiger partial charge in [-0.15, -0.1) is 0 Å². The van der Waals surface area contributed by atoms with Gasteiger partial charge in [0, 0.05) is 11.6 Å². The van der Waals surface area contributed by atoms with Gasteiger partial charge in [-0.3, -0.25) is 13.9 Å². The number of fused-ring (bicyclic) bond motifs is 1. The van der Waals surface area contributed by atoms with Gasteiger partial charge in [-0.1, -0.05) is 41.9 Å². The fraction of sp³-hybridized carbons (Fsp3) is 0.188. The van der Waals surface area contributed by atoms with Gasteiger partial charge in [0.2, 0.25) is 0 Å². The first-order chi connectivity index (χ1) is 21.2. The fourth-order valence-corrected chi connectivity index (χ4v) is 6.36. The normalized spacial score (nSPS) is 14.2. The molecule has 0 aromatic heterocycles. The lowest BCUT2D eigenvalue weighted by atomic mass is 10.1. The van der Waals surface area contributed by atoms with Crippen molar-refractivity contribution >= 4 is 44.8 Å². The van der Waals surface area contributed by atoms with E-state index in [1.165, 1.54) is 24.3 Å². The maximum Gasteiger partial charge on any atom is 0.267 e. The SMILES string of the molecule is COc1ccc(CCNC(=O)c2ccccc2NC(=O)C2CN(S(=O)(=O)c3ccc(Cl)cc3)c3ccccc3O2)cc1OC. The molecule has 228 valence electrons. The predicted octanol–water partition coefficient (Wildman–Crippen LogP) is 4.92. The Bertz CT molecular complexity index is 1780. The molecule has 0 spiro atoms. The zero-order chi connectivity index (χ0) is 31.3. The van der Waals surface area contributed by atoms with Crippen molar-refractivity contribution in [3.63, 3.8) is 0 Å². The summed E-state index contributed by atoms with van der Waals surface area (Å²) >= 11 is 5.96. The topological polar surface area (TPSA) is 123 Å². The number of carbonyl (C=O) groups is 2. The maximum absolute atomic E-state index is 13.6. The molecule has 1 aliphatic heterocycles. The molecule has 44 heavy (non-hydrogen) atoms. The second kappa shape index (κ2) is 13.3. The largest absolute Gasteiger partial charge is 0.493 e. The molecule has 0 aliphatic carbocycles. The molecule has 10 nitrogen and oxygen atoms in total. The lowest BCUT2D eigenvalue weighted by molar-refractivity contribution is -0.122. The van der Waals surface area contributed by atoms with Gasteiger partial charge in [0.15, 0.2) is 17.6 Å². The standard InChI is InChI=1S/C32H30ClN3O7S/c1-41-28-16-11-21(19-29(28)42-2)17-18-34-31(37)24-7-3-4-8-25(24)35-32(38)30-20-36(26-9-5-6-10-27(26)43-30)44(39,40)23-14-12-22(33)13-15-23/h3-16,19,30H,17-18,20H2,1-2H3,(H,34,37)(H,35,38). The van der Waals surface area contributed by atoms with Crippen LogP contribution in [-0.2, 0) is 21.2 Å². The van der Waals surface area contributed by atoms with Crippen molar-refractivity contribution in [2.45, 2.75) is 17.4 Å². The highest BCUT2D eigenvalue weighted by Crippen LogP contribution is 2.37. The zero-order valence-corrected chi connectivity index (χ0v) is 25.5. The summed E-state index contributed by atoms with van der Waals surface area (Å²) in [6, 6.07) is 24.5. The smallest absolute Gasteiger partial charge is 0.267 e. The number of halogens is 1. The highest BCUT2D eigenvalue weighted by atomic mass is 35.5. The van der Waals surface area contributed by atoms with Crippen LogP contribution < -0.4 is 29.1 Å². The second-order valence-corrected chi connectivity index (χ2v) is 12.1. The van der Waals surface area contributed by atoms with E-state index in [1.807, 2.05) is 12.1 Å². The average molecular weight is 636 g/mol. The fourth-order valence-electron chi connectivity index (χ4n) is 4.76. The molecular weight excluding hydrogens is 606 g/mol. The van der Waals surface area contributed by atoms with Crippen LogP contribution in [0.2, 0.25) is 5.02 Å². The Kier molecular flexibility index (Phi) is 9.26. The molecule has 5 rings (SSSR count). The highest BCUT2D eigenvalue weighted by molar-refractivity contribution is 7.92. The van der Waals surface area contributed by atoms with Gasteiger partial charge in [-0.05, 0) is 72.6 Å². The molecule has 0 bridgehead atoms. The zero-order valence-electron chi connectivity index (χ0n) is 24.0. The number of anilines is 2. The van der Waals surface area contributed by atoms with E-state index in [2.05, 4.69) is 10.6 Å². The van der Waals surface area contributed by atoms with Gasteiger partial charge in [0.1, 0.15) is 5.75 Å². The molecular formula is C32H30ClN3O7S. The number of sulfonamides is 1. The molecule has 1 heterocycles. The summed E-state index contributed by atoms with van der Waals surface area (Å²) in [7, 11) is -0.940. The van der Waals surface area contributed by atoms with Crippen LogP contribution in [-0.4, -0.2) is 53.6 Å². The number of methoxy groups -OCH3 is 2. The Hall–Kier alpha value is -4.74. The van der Waals surface area contributed by atoms with E-state index in [0.29, 0.717) is 35.2 Å². The first kappa shape index (κ1) is 30.7. The number of benzene rings is 4. The number of carbonyl (C=O) groups excluding carboxylic acids is 2. The van der Waals surface area contributed by atoms with Gasteiger partial charge in [-0.2, -0.15) is 0 Å². The van der Waals surface area contributed by atoms with E-state index in [1.54, 1.807) is 68.8 Å². The van der Waals surface area contributed by atoms with Crippen LogP contribution in [0.25, 0.3) is 0 Å². The number of nitrogens with one attached hydrogen (secondary N) is 2. The lowest BCUT2D eigenvalue weighted by Gasteiger charge is -2.34. The first-order valence-corrected chi connectivity index (χ1v) is 15.5.